The van der Waals surface area contributed by atoms with Crippen LogP contribution in [0.3, 0.4) is 0 Å². The van der Waals surface area contributed by atoms with Gasteiger partial charge < -0.3 is 13.7 Å². The molecule has 0 bridgehead atoms. The quantitative estimate of drug-likeness (QED) is 0.137. The summed E-state index contributed by atoms with van der Waals surface area (Å²) in [5, 5.41) is 7.23. The third-order valence-corrected chi connectivity index (χ3v) is 19.1. The van der Waals surface area contributed by atoms with Crippen molar-refractivity contribution in [1.82, 2.24) is 23.7 Å². The van der Waals surface area contributed by atoms with E-state index in [1.807, 2.05) is 0 Å². The van der Waals surface area contributed by atoms with Crippen LogP contribution in [0, 0.1) is 41.5 Å². The molecule has 0 aliphatic rings. The van der Waals surface area contributed by atoms with E-state index in [4.69, 9.17) is 9.97 Å². The van der Waals surface area contributed by atoms with E-state index in [1.165, 1.54) is 88.0 Å². The van der Waals surface area contributed by atoms with Gasteiger partial charge in [-0.3, -0.25) is 0 Å². The number of rotatable bonds is 10. The molecule has 5 nitrogen and oxygen atoms in total. The van der Waals surface area contributed by atoms with E-state index >= 15 is 0 Å². The second kappa shape index (κ2) is 22.1. The number of aryl methyl sites for hydroxylation is 6. The second-order valence-corrected chi connectivity index (χ2v) is 25.3. The first-order chi connectivity index (χ1) is 45.6. The fourth-order valence-corrected chi connectivity index (χ4v) is 15.4. The Bertz CT molecular complexity index is 5370. The minimum absolute atomic E-state index is 0.660. The van der Waals surface area contributed by atoms with Gasteiger partial charge in [0.05, 0.1) is 50.2 Å². The third-order valence-electron chi connectivity index (χ3n) is 19.1. The Kier molecular flexibility index (Phi) is 13.2. The first-order valence-corrected chi connectivity index (χ1v) is 32.2. The fraction of sp³-hybridized carbons (Fsp3) is 0.0682. The molecule has 17 aromatic rings. The van der Waals surface area contributed by atoms with E-state index in [0.717, 1.165) is 100 Å². The van der Waals surface area contributed by atoms with Crippen LogP contribution in [0.25, 0.3) is 161 Å². The largest absolute Gasteiger partial charge is 0.309 e. The highest BCUT2D eigenvalue weighted by atomic mass is 15.0. The van der Waals surface area contributed by atoms with Gasteiger partial charge in [0.1, 0.15) is 0 Å². The van der Waals surface area contributed by atoms with Crippen molar-refractivity contribution in [1.29, 1.82) is 0 Å². The SMILES string of the molecule is Cc1cc(C)c(-c2ccc3c(c2)c2cc(-c4c(C)cc(C)cc4C)ccc2n3-c2c(-c3cccc(-n4c5ccccc5c5ccccc54)c3)cc(-c3cc(-c4ccccc4)nc(-c4ccccc4)n3)cc2-c2cccc(-n3c4ccccc4c4ccccc43)c2)c(C)c1. The summed E-state index contributed by atoms with van der Waals surface area (Å²) in [6, 6.07) is 105. The molecule has 4 aromatic heterocycles. The van der Waals surface area contributed by atoms with Gasteiger partial charge in [-0.15, -0.1) is 0 Å². The highest BCUT2D eigenvalue weighted by molar-refractivity contribution is 6.14. The summed E-state index contributed by atoms with van der Waals surface area (Å²) in [6.07, 6.45) is 0. The Morgan fingerprint density at radius 1 is 0.237 bits per heavy atom. The Morgan fingerprint density at radius 2 is 0.591 bits per heavy atom. The van der Waals surface area contributed by atoms with E-state index in [-0.39, 0.29) is 0 Å². The summed E-state index contributed by atoms with van der Waals surface area (Å²) in [7, 11) is 0. The number of hydrogen-bond donors (Lipinski definition) is 0. The Labute approximate surface area is 541 Å². The van der Waals surface area contributed by atoms with Gasteiger partial charge in [-0.05, 0) is 188 Å². The van der Waals surface area contributed by atoms with Gasteiger partial charge in [-0.25, -0.2) is 9.97 Å². The Morgan fingerprint density at radius 3 is 1.01 bits per heavy atom. The van der Waals surface area contributed by atoms with E-state index in [0.29, 0.717) is 5.82 Å². The predicted octanol–water partition coefficient (Wildman–Crippen LogP) is 23.3. The molecule has 0 spiro atoms. The maximum atomic E-state index is 5.60. The first-order valence-electron chi connectivity index (χ1n) is 32.2. The van der Waals surface area contributed by atoms with Crippen LogP contribution in [-0.2, 0) is 0 Å². The standard InChI is InChI=1S/C88H65N5/c1-54-43-56(3)85(57(4)44-54)64-39-41-83-75(49-64)76-50-65(86-58(5)45-55(2)46-59(86)6)40-42-84(76)93(83)87-73(62-27-21-29-67(47-62)91-79-35-17-13-31-69(79)70-32-14-18-36-80(70)91)51-66(78-53-77(60-23-9-7-10-24-60)89-88(90-78)61-25-11-8-12-26-61)52-74(87)63-28-22-30-68(48-63)92-81-37-19-15-33-71(81)72-34-16-20-38-82(72)92/h7-53H,1-6H3. The lowest BCUT2D eigenvalue weighted by atomic mass is 9.91. The third kappa shape index (κ3) is 9.29. The molecule has 93 heavy (non-hydrogen) atoms. The number of fused-ring (bicyclic) bond motifs is 9. The van der Waals surface area contributed by atoms with Gasteiger partial charge in [0.25, 0.3) is 0 Å². The minimum atomic E-state index is 0.660. The van der Waals surface area contributed by atoms with Crippen molar-refractivity contribution in [2.45, 2.75) is 41.5 Å². The van der Waals surface area contributed by atoms with Crippen molar-refractivity contribution in [3.63, 3.8) is 0 Å². The maximum absolute atomic E-state index is 5.60. The molecule has 0 saturated heterocycles. The number of benzene rings is 13. The van der Waals surface area contributed by atoms with Crippen LogP contribution in [0.2, 0.25) is 0 Å². The topological polar surface area (TPSA) is 40.6 Å². The molecular weight excluding hydrogens is 1130 g/mol. The molecule has 0 aliphatic carbocycles. The molecular formula is C88H65N5. The molecule has 13 aromatic carbocycles. The lowest BCUT2D eigenvalue weighted by Crippen LogP contribution is -2.04. The van der Waals surface area contributed by atoms with Crippen LogP contribution >= 0.6 is 0 Å². The molecule has 0 fully saturated rings. The van der Waals surface area contributed by atoms with Crippen LogP contribution in [0.15, 0.2) is 285 Å². The minimum Gasteiger partial charge on any atom is -0.309 e. The smallest absolute Gasteiger partial charge is 0.160 e. The van der Waals surface area contributed by atoms with Crippen LogP contribution < -0.4 is 0 Å². The Hall–Kier alpha value is -11.7. The van der Waals surface area contributed by atoms with Crippen molar-refractivity contribution in [3.05, 3.63) is 318 Å². The van der Waals surface area contributed by atoms with Gasteiger partial charge in [-0.2, -0.15) is 0 Å². The van der Waals surface area contributed by atoms with Crippen molar-refractivity contribution in [2.24, 2.45) is 0 Å². The highest BCUT2D eigenvalue weighted by Gasteiger charge is 2.26. The second-order valence-electron chi connectivity index (χ2n) is 25.3. The molecule has 442 valence electrons. The van der Waals surface area contributed by atoms with Crippen molar-refractivity contribution >= 4 is 65.4 Å². The molecule has 17 rings (SSSR count). The normalized spacial score (nSPS) is 11.8. The monoisotopic (exact) mass is 1190 g/mol. The van der Waals surface area contributed by atoms with Gasteiger partial charge in [0.2, 0.25) is 0 Å². The summed E-state index contributed by atoms with van der Waals surface area (Å²) in [5.41, 5.74) is 31.4. The van der Waals surface area contributed by atoms with E-state index < -0.39 is 0 Å². The summed E-state index contributed by atoms with van der Waals surface area (Å²) in [6.45, 7) is 13.4. The van der Waals surface area contributed by atoms with Crippen molar-refractivity contribution in [2.75, 3.05) is 0 Å². The number of aromatic nitrogens is 5. The van der Waals surface area contributed by atoms with E-state index in [2.05, 4.69) is 340 Å². The van der Waals surface area contributed by atoms with Crippen LogP contribution in [0.4, 0.5) is 0 Å². The maximum Gasteiger partial charge on any atom is 0.160 e. The van der Waals surface area contributed by atoms with Crippen molar-refractivity contribution in [3.8, 4) is 95.5 Å². The lowest BCUT2D eigenvalue weighted by Gasteiger charge is -2.22. The van der Waals surface area contributed by atoms with E-state index in [9.17, 15) is 0 Å². The summed E-state index contributed by atoms with van der Waals surface area (Å²) in [4.78, 5) is 10.9. The van der Waals surface area contributed by atoms with Gasteiger partial charge in [0.15, 0.2) is 5.82 Å². The van der Waals surface area contributed by atoms with Crippen LogP contribution in [0.5, 0.6) is 0 Å². The zero-order chi connectivity index (χ0) is 62.6. The highest BCUT2D eigenvalue weighted by Crippen LogP contribution is 2.48. The number of nitrogens with zero attached hydrogens (tertiary/aromatic N) is 5. The van der Waals surface area contributed by atoms with Gasteiger partial charge in [-0.1, -0.05) is 205 Å². The summed E-state index contributed by atoms with van der Waals surface area (Å²) < 4.78 is 7.45. The molecule has 0 aliphatic heterocycles. The molecule has 4 heterocycles. The number of hydrogen-bond acceptors (Lipinski definition) is 2. The first kappa shape index (κ1) is 55.4. The zero-order valence-corrected chi connectivity index (χ0v) is 52.9. The van der Waals surface area contributed by atoms with Crippen molar-refractivity contribution < 1.29 is 0 Å². The average molecular weight is 1190 g/mol. The predicted molar refractivity (Wildman–Crippen MR) is 392 cm³/mol. The fourth-order valence-electron chi connectivity index (χ4n) is 15.4. The van der Waals surface area contributed by atoms with E-state index in [1.54, 1.807) is 0 Å². The average Bonchev–Trinajstić information content (AvgIpc) is 1.62. The molecule has 0 amide bonds. The molecule has 0 N–H and O–H groups in total. The van der Waals surface area contributed by atoms with Gasteiger partial charge in [0, 0.05) is 71.5 Å². The Balaban J connectivity index is 1.03. The summed E-state index contributed by atoms with van der Waals surface area (Å²) in [5.74, 6) is 0.660. The molecule has 0 atom stereocenters. The summed E-state index contributed by atoms with van der Waals surface area (Å²) >= 11 is 0. The van der Waals surface area contributed by atoms with Crippen LogP contribution in [-0.4, -0.2) is 23.7 Å². The molecule has 0 unspecified atom stereocenters. The molecule has 0 saturated carbocycles. The number of para-hydroxylation sites is 4. The lowest BCUT2D eigenvalue weighted by molar-refractivity contribution is 1.16. The zero-order valence-electron chi connectivity index (χ0n) is 52.9. The molecule has 5 heteroatoms. The van der Waals surface area contributed by atoms with Crippen LogP contribution in [0.1, 0.15) is 33.4 Å². The van der Waals surface area contributed by atoms with Gasteiger partial charge >= 0.3 is 0 Å². The molecule has 0 radical (unpaired) electrons.